The summed E-state index contributed by atoms with van der Waals surface area (Å²) in [5.74, 6) is -0.945. The lowest BCUT2D eigenvalue weighted by Crippen LogP contribution is -2.30. The number of rotatable bonds is 48. The number of esters is 3. The molecule has 0 fully saturated rings. The van der Waals surface area contributed by atoms with Crippen molar-refractivity contribution in [3.63, 3.8) is 0 Å². The van der Waals surface area contributed by atoms with Gasteiger partial charge in [-0.1, -0.05) is 213 Å². The highest BCUT2D eigenvalue weighted by Gasteiger charge is 2.19. The maximum absolute atomic E-state index is 12.8. The van der Waals surface area contributed by atoms with Crippen LogP contribution < -0.4 is 0 Å². The Morgan fingerprint density at radius 2 is 0.529 bits per heavy atom. The van der Waals surface area contributed by atoms with E-state index in [1.807, 2.05) is 0 Å². The third-order valence-corrected chi connectivity index (χ3v) is 11.2. The van der Waals surface area contributed by atoms with Crippen LogP contribution in [0.15, 0.2) is 122 Å². The third-order valence-electron chi connectivity index (χ3n) is 11.2. The van der Waals surface area contributed by atoms with Crippen molar-refractivity contribution in [3.05, 3.63) is 122 Å². The van der Waals surface area contributed by atoms with Crippen LogP contribution in [0.1, 0.15) is 233 Å². The first kappa shape index (κ1) is 63.8. The first-order chi connectivity index (χ1) is 33.5. The molecule has 0 aromatic heterocycles. The van der Waals surface area contributed by atoms with Gasteiger partial charge in [0.1, 0.15) is 13.2 Å². The fourth-order valence-corrected chi connectivity index (χ4v) is 7.17. The number of allylic oxidation sites excluding steroid dienone is 20. The van der Waals surface area contributed by atoms with E-state index in [1.165, 1.54) is 25.7 Å². The van der Waals surface area contributed by atoms with Gasteiger partial charge in [-0.15, -0.1) is 0 Å². The molecular formula is C62H100O6. The largest absolute Gasteiger partial charge is 0.462 e. The Labute approximate surface area is 418 Å². The van der Waals surface area contributed by atoms with E-state index in [1.54, 1.807) is 0 Å². The zero-order valence-corrected chi connectivity index (χ0v) is 43.8. The molecule has 0 aliphatic rings. The van der Waals surface area contributed by atoms with Crippen LogP contribution in [0.4, 0.5) is 0 Å². The van der Waals surface area contributed by atoms with Gasteiger partial charge in [0.15, 0.2) is 6.10 Å². The van der Waals surface area contributed by atoms with Gasteiger partial charge in [-0.3, -0.25) is 14.4 Å². The van der Waals surface area contributed by atoms with Crippen molar-refractivity contribution >= 4 is 17.9 Å². The van der Waals surface area contributed by atoms with Gasteiger partial charge >= 0.3 is 17.9 Å². The molecule has 0 heterocycles. The lowest BCUT2D eigenvalue weighted by Gasteiger charge is -2.18. The van der Waals surface area contributed by atoms with Crippen molar-refractivity contribution < 1.29 is 28.6 Å². The Bertz CT molecular complexity index is 1450. The highest BCUT2D eigenvalue weighted by molar-refractivity contribution is 5.71. The topological polar surface area (TPSA) is 78.9 Å². The lowest BCUT2D eigenvalue weighted by molar-refractivity contribution is -0.167. The van der Waals surface area contributed by atoms with E-state index in [0.29, 0.717) is 19.3 Å². The van der Waals surface area contributed by atoms with E-state index >= 15 is 0 Å². The van der Waals surface area contributed by atoms with Crippen molar-refractivity contribution in [1.82, 2.24) is 0 Å². The van der Waals surface area contributed by atoms with Gasteiger partial charge in [-0.05, 0) is 122 Å². The molecule has 0 amide bonds. The molecule has 0 saturated heterocycles. The zero-order valence-electron chi connectivity index (χ0n) is 43.8. The zero-order chi connectivity index (χ0) is 49.3. The molecule has 0 aromatic rings. The SMILES string of the molecule is CC/C=C\C/C=C\C/C=C\C/C=C\CCCCCCCCC(=O)OCC(COC(=O)CCCCCCC/C=C\C/C=C\CC)OC(=O)CCCCCCCC/C=C\C/C=C\C/C=C\C/C=C\CC. The number of hydrogen-bond acceptors (Lipinski definition) is 6. The molecule has 0 aliphatic carbocycles. The van der Waals surface area contributed by atoms with Crippen LogP contribution in [0, 0.1) is 0 Å². The van der Waals surface area contributed by atoms with Crippen LogP contribution in [-0.4, -0.2) is 37.2 Å². The number of hydrogen-bond donors (Lipinski definition) is 0. The molecule has 0 spiro atoms. The maximum Gasteiger partial charge on any atom is 0.306 e. The molecule has 0 bridgehead atoms. The molecule has 0 N–H and O–H groups in total. The number of carbonyl (C=O) groups excluding carboxylic acids is 3. The Kier molecular flexibility index (Phi) is 52.0. The van der Waals surface area contributed by atoms with Crippen molar-refractivity contribution in [2.24, 2.45) is 0 Å². The first-order valence-electron chi connectivity index (χ1n) is 27.5. The number of unbranched alkanes of at least 4 members (excludes halogenated alkanes) is 17. The molecule has 0 aliphatic heterocycles. The summed E-state index contributed by atoms with van der Waals surface area (Å²) in [5.41, 5.74) is 0. The standard InChI is InChI=1S/C62H100O6/c1-4-7-10-13-16-19-22-25-27-29-31-33-35-37-40-43-46-49-52-55-61(64)67-58-59(57-66-60(63)54-51-48-45-42-39-24-21-18-15-12-9-6-3)68-62(65)56-53-50-47-44-41-38-36-34-32-30-28-26-23-20-17-14-11-8-5-2/h7-12,16-21,25-28,31-34,59H,4-6,13-15,22-24,29-30,35-58H2,1-3H3/b10-7-,11-8-,12-9-,19-16-,20-17-,21-18-,27-25-,28-26-,33-31-,34-32-. The summed E-state index contributed by atoms with van der Waals surface area (Å²) in [6.07, 6.45) is 76.1. The molecular weight excluding hydrogens is 841 g/mol. The minimum Gasteiger partial charge on any atom is -0.462 e. The molecule has 0 aromatic carbocycles. The minimum atomic E-state index is -0.801. The quantitative estimate of drug-likeness (QED) is 0.0262. The summed E-state index contributed by atoms with van der Waals surface area (Å²) in [5, 5.41) is 0. The van der Waals surface area contributed by atoms with Crippen LogP contribution in [0.5, 0.6) is 0 Å². The summed E-state index contributed by atoms with van der Waals surface area (Å²) in [4.78, 5) is 38.1. The molecule has 0 radical (unpaired) electrons. The minimum absolute atomic E-state index is 0.0994. The summed E-state index contributed by atoms with van der Waals surface area (Å²) in [7, 11) is 0. The van der Waals surface area contributed by atoms with Crippen LogP contribution in [-0.2, 0) is 28.6 Å². The van der Waals surface area contributed by atoms with E-state index < -0.39 is 6.10 Å². The van der Waals surface area contributed by atoms with Gasteiger partial charge in [0.05, 0.1) is 0 Å². The predicted octanol–water partition coefficient (Wildman–Crippen LogP) is 18.5. The number of ether oxygens (including phenoxy) is 3. The normalized spacial score (nSPS) is 13.0. The van der Waals surface area contributed by atoms with E-state index in [-0.39, 0.29) is 31.1 Å². The summed E-state index contributed by atoms with van der Waals surface area (Å²) >= 11 is 0. The molecule has 6 heteroatoms. The van der Waals surface area contributed by atoms with Gasteiger partial charge in [-0.2, -0.15) is 0 Å². The third kappa shape index (κ3) is 52.8. The molecule has 1 unspecified atom stereocenters. The number of carbonyl (C=O) groups is 3. The van der Waals surface area contributed by atoms with Gasteiger partial charge in [0.25, 0.3) is 0 Å². The Hall–Kier alpha value is -4.19. The second-order valence-electron chi connectivity index (χ2n) is 17.7. The fraction of sp³-hybridized carbons (Fsp3) is 0.629. The smallest absolute Gasteiger partial charge is 0.306 e. The van der Waals surface area contributed by atoms with Crippen LogP contribution >= 0.6 is 0 Å². The summed E-state index contributed by atoms with van der Waals surface area (Å²) in [6.45, 7) is 6.26. The van der Waals surface area contributed by atoms with Gasteiger partial charge in [-0.25, -0.2) is 0 Å². The molecule has 0 rings (SSSR count). The van der Waals surface area contributed by atoms with Crippen LogP contribution in [0.25, 0.3) is 0 Å². The van der Waals surface area contributed by atoms with E-state index in [4.69, 9.17) is 14.2 Å². The van der Waals surface area contributed by atoms with Crippen LogP contribution in [0.3, 0.4) is 0 Å². The van der Waals surface area contributed by atoms with Gasteiger partial charge in [0.2, 0.25) is 0 Å². The molecule has 68 heavy (non-hydrogen) atoms. The monoisotopic (exact) mass is 941 g/mol. The second kappa shape index (κ2) is 55.4. The average Bonchev–Trinajstić information content (AvgIpc) is 3.34. The van der Waals surface area contributed by atoms with Crippen molar-refractivity contribution in [2.75, 3.05) is 13.2 Å². The predicted molar refractivity (Wildman–Crippen MR) is 293 cm³/mol. The van der Waals surface area contributed by atoms with E-state index in [0.717, 1.165) is 167 Å². The maximum atomic E-state index is 12.8. The molecule has 0 saturated carbocycles. The first-order valence-corrected chi connectivity index (χ1v) is 27.5. The second-order valence-corrected chi connectivity index (χ2v) is 17.7. The average molecular weight is 941 g/mol. The summed E-state index contributed by atoms with van der Waals surface area (Å²) < 4.78 is 16.8. The molecule has 6 nitrogen and oxygen atoms in total. The van der Waals surface area contributed by atoms with Gasteiger partial charge in [0, 0.05) is 19.3 Å². The van der Waals surface area contributed by atoms with Crippen molar-refractivity contribution in [2.45, 2.75) is 239 Å². The van der Waals surface area contributed by atoms with Crippen molar-refractivity contribution in [3.8, 4) is 0 Å². The van der Waals surface area contributed by atoms with Crippen LogP contribution in [0.2, 0.25) is 0 Å². The van der Waals surface area contributed by atoms with Gasteiger partial charge < -0.3 is 14.2 Å². The Balaban J connectivity index is 4.45. The van der Waals surface area contributed by atoms with E-state index in [2.05, 4.69) is 142 Å². The Morgan fingerprint density at radius 1 is 0.294 bits per heavy atom. The molecule has 384 valence electrons. The highest BCUT2D eigenvalue weighted by atomic mass is 16.6. The molecule has 1 atom stereocenters. The summed E-state index contributed by atoms with van der Waals surface area (Å²) in [6, 6.07) is 0. The highest BCUT2D eigenvalue weighted by Crippen LogP contribution is 2.14. The Morgan fingerprint density at radius 3 is 0.824 bits per heavy atom. The fourth-order valence-electron chi connectivity index (χ4n) is 7.17. The lowest BCUT2D eigenvalue weighted by atomic mass is 10.1. The van der Waals surface area contributed by atoms with Crippen molar-refractivity contribution in [1.29, 1.82) is 0 Å². The van der Waals surface area contributed by atoms with E-state index in [9.17, 15) is 14.4 Å².